The molecule has 8 aromatic rings. The Bertz CT molecular complexity index is 2280. The molecule has 3 nitrogen and oxygen atoms in total. The summed E-state index contributed by atoms with van der Waals surface area (Å²) in [6.45, 7) is 0. The summed E-state index contributed by atoms with van der Waals surface area (Å²) in [5, 5.41) is 5.51. The third-order valence-electron chi connectivity index (χ3n) is 9.47. The van der Waals surface area contributed by atoms with Crippen LogP contribution in [0.5, 0.6) is 0 Å². The maximum Gasteiger partial charge on any atom is 0.184 e. The van der Waals surface area contributed by atoms with E-state index in [-0.39, 0.29) is 0 Å². The molecule has 47 heavy (non-hydrogen) atoms. The highest BCUT2D eigenvalue weighted by Crippen LogP contribution is 2.43. The Morgan fingerprint density at radius 2 is 0.872 bits per heavy atom. The summed E-state index contributed by atoms with van der Waals surface area (Å²) in [6, 6.07) is 68.2. The van der Waals surface area contributed by atoms with Gasteiger partial charge in [-0.1, -0.05) is 140 Å². The van der Waals surface area contributed by atoms with Gasteiger partial charge in [-0.3, -0.25) is 4.57 Å². The lowest BCUT2D eigenvalue weighted by atomic mass is 10.1. The average Bonchev–Trinajstić information content (AvgIpc) is 3.54. The van der Waals surface area contributed by atoms with Crippen LogP contribution >= 0.6 is 0 Å². The molecule has 2 heterocycles. The molecular formula is C43H31N3Si. The molecule has 1 aromatic heterocycles. The molecule has 4 heteroatoms. The Kier molecular flexibility index (Phi) is 6.47. The number of hydrogen-bond donors (Lipinski definition) is 0. The third-order valence-corrected chi connectivity index (χ3v) is 14.3. The molecule has 0 radical (unpaired) electrons. The standard InChI is InChI=1S/C43H31N3Si/c1-4-18-32(19-5-1)45-38-27-13-11-25-36(38)44-43(45)35-24-10-12-26-37(35)46-39-28-14-16-30-41(39)47(33-20-6-2-7-21-33,34-22-8-3-9-23-34)42-31-17-15-29-40(42)46/h1-31H. The van der Waals surface area contributed by atoms with Gasteiger partial charge in [0.15, 0.2) is 8.07 Å². The topological polar surface area (TPSA) is 21.1 Å². The minimum atomic E-state index is -2.70. The summed E-state index contributed by atoms with van der Waals surface area (Å²) in [7, 11) is -2.70. The second kappa shape index (κ2) is 11.1. The van der Waals surface area contributed by atoms with Gasteiger partial charge < -0.3 is 4.90 Å². The Balaban J connectivity index is 1.36. The zero-order valence-electron chi connectivity index (χ0n) is 25.7. The third kappa shape index (κ3) is 4.16. The summed E-state index contributed by atoms with van der Waals surface area (Å²) in [5.41, 5.74) is 7.74. The van der Waals surface area contributed by atoms with Gasteiger partial charge in [0, 0.05) is 22.6 Å². The minimum Gasteiger partial charge on any atom is -0.310 e. The van der Waals surface area contributed by atoms with Crippen LogP contribution in [0.2, 0.25) is 0 Å². The molecule has 0 aliphatic carbocycles. The van der Waals surface area contributed by atoms with Crippen LogP contribution in [0.4, 0.5) is 17.1 Å². The molecule has 0 fully saturated rings. The summed E-state index contributed by atoms with van der Waals surface area (Å²) < 4.78 is 2.29. The molecule has 0 spiro atoms. The number of para-hydroxylation sites is 6. The quantitative estimate of drug-likeness (QED) is 0.184. The van der Waals surface area contributed by atoms with Gasteiger partial charge in [-0.25, -0.2) is 4.98 Å². The Morgan fingerprint density at radius 3 is 1.49 bits per heavy atom. The lowest BCUT2D eigenvalue weighted by molar-refractivity contribution is 1.10. The van der Waals surface area contributed by atoms with Crippen molar-refractivity contribution in [3.63, 3.8) is 0 Å². The lowest BCUT2D eigenvalue weighted by Crippen LogP contribution is -2.77. The highest BCUT2D eigenvalue weighted by Gasteiger charge is 2.48. The van der Waals surface area contributed by atoms with Crippen LogP contribution in [0.25, 0.3) is 28.1 Å². The van der Waals surface area contributed by atoms with Crippen LogP contribution in [-0.4, -0.2) is 17.6 Å². The van der Waals surface area contributed by atoms with Crippen molar-refractivity contribution < 1.29 is 0 Å². The molecule has 0 atom stereocenters. The molecule has 0 saturated carbocycles. The fourth-order valence-electron chi connectivity index (χ4n) is 7.57. The van der Waals surface area contributed by atoms with E-state index in [0.717, 1.165) is 33.8 Å². The summed E-state index contributed by atoms with van der Waals surface area (Å²) in [6.07, 6.45) is 0. The van der Waals surface area contributed by atoms with Gasteiger partial charge in [0.2, 0.25) is 0 Å². The van der Waals surface area contributed by atoms with Crippen LogP contribution in [-0.2, 0) is 0 Å². The molecule has 0 unspecified atom stereocenters. The van der Waals surface area contributed by atoms with Crippen molar-refractivity contribution in [3.05, 3.63) is 188 Å². The van der Waals surface area contributed by atoms with Crippen LogP contribution in [0.3, 0.4) is 0 Å². The second-order valence-electron chi connectivity index (χ2n) is 12.0. The number of aromatic nitrogens is 2. The molecule has 1 aliphatic heterocycles. The van der Waals surface area contributed by atoms with Crippen molar-refractivity contribution in [3.8, 4) is 17.1 Å². The maximum atomic E-state index is 5.30. The van der Waals surface area contributed by atoms with E-state index in [4.69, 9.17) is 4.98 Å². The molecule has 1 aliphatic rings. The van der Waals surface area contributed by atoms with Crippen LogP contribution < -0.4 is 25.6 Å². The van der Waals surface area contributed by atoms with E-state index in [0.29, 0.717) is 0 Å². The molecular weight excluding hydrogens is 587 g/mol. The number of hydrogen-bond acceptors (Lipinski definition) is 2. The molecule has 0 saturated heterocycles. The van der Waals surface area contributed by atoms with Gasteiger partial charge in [-0.15, -0.1) is 0 Å². The fraction of sp³-hybridized carbons (Fsp3) is 0. The van der Waals surface area contributed by atoms with Crippen molar-refractivity contribution in [1.82, 2.24) is 9.55 Å². The fourth-order valence-corrected chi connectivity index (χ4v) is 12.7. The van der Waals surface area contributed by atoms with E-state index >= 15 is 0 Å². The van der Waals surface area contributed by atoms with E-state index in [9.17, 15) is 0 Å². The number of fused-ring (bicyclic) bond motifs is 3. The summed E-state index contributed by atoms with van der Waals surface area (Å²) in [4.78, 5) is 7.77. The van der Waals surface area contributed by atoms with E-state index in [1.54, 1.807) is 0 Å². The van der Waals surface area contributed by atoms with E-state index in [2.05, 4.69) is 198 Å². The molecule has 222 valence electrons. The van der Waals surface area contributed by atoms with Crippen LogP contribution in [0.15, 0.2) is 188 Å². The number of imidazole rings is 1. The van der Waals surface area contributed by atoms with Crippen LogP contribution in [0, 0.1) is 0 Å². The normalized spacial score (nSPS) is 13.2. The SMILES string of the molecule is c1ccc(-n2c(-c3ccccc3N3c4ccccc4[Si](c4ccccc4)(c4ccccc4)c4ccccc43)nc3ccccc32)cc1. The smallest absolute Gasteiger partial charge is 0.184 e. The molecule has 7 aromatic carbocycles. The Hall–Kier alpha value is -5.97. The highest BCUT2D eigenvalue weighted by molar-refractivity contribution is 7.21. The largest absolute Gasteiger partial charge is 0.310 e. The first-order chi connectivity index (χ1) is 23.4. The van der Waals surface area contributed by atoms with E-state index in [1.807, 2.05) is 0 Å². The number of rotatable bonds is 5. The van der Waals surface area contributed by atoms with Gasteiger partial charge in [0.05, 0.1) is 16.7 Å². The number of benzene rings is 7. The van der Waals surface area contributed by atoms with E-state index < -0.39 is 8.07 Å². The first kappa shape index (κ1) is 27.3. The predicted octanol–water partition coefficient (Wildman–Crippen LogP) is 7.85. The van der Waals surface area contributed by atoms with Gasteiger partial charge in [0.1, 0.15) is 5.82 Å². The van der Waals surface area contributed by atoms with Crippen molar-refractivity contribution in [2.75, 3.05) is 4.90 Å². The zero-order chi connectivity index (χ0) is 31.2. The van der Waals surface area contributed by atoms with Gasteiger partial charge in [0.25, 0.3) is 0 Å². The zero-order valence-corrected chi connectivity index (χ0v) is 26.7. The lowest BCUT2D eigenvalue weighted by Gasteiger charge is -2.45. The number of anilines is 3. The Labute approximate surface area is 275 Å². The monoisotopic (exact) mass is 617 g/mol. The maximum absolute atomic E-state index is 5.30. The van der Waals surface area contributed by atoms with Crippen molar-refractivity contribution in [1.29, 1.82) is 0 Å². The van der Waals surface area contributed by atoms with Gasteiger partial charge in [-0.05, 0) is 69.3 Å². The molecule has 9 rings (SSSR count). The molecule has 0 bridgehead atoms. The van der Waals surface area contributed by atoms with Crippen molar-refractivity contribution in [2.24, 2.45) is 0 Å². The number of nitrogens with zero attached hydrogens (tertiary/aromatic N) is 3. The minimum absolute atomic E-state index is 0.920. The molecule has 0 amide bonds. The predicted molar refractivity (Wildman–Crippen MR) is 198 cm³/mol. The first-order valence-corrected chi connectivity index (χ1v) is 18.1. The average molecular weight is 618 g/mol. The first-order valence-electron chi connectivity index (χ1n) is 16.1. The van der Waals surface area contributed by atoms with Crippen molar-refractivity contribution in [2.45, 2.75) is 0 Å². The second-order valence-corrected chi connectivity index (χ2v) is 15.7. The summed E-state index contributed by atoms with van der Waals surface area (Å²) in [5.74, 6) is 0.920. The van der Waals surface area contributed by atoms with Crippen molar-refractivity contribution >= 4 is 56.9 Å². The Morgan fingerprint density at radius 1 is 0.404 bits per heavy atom. The molecule has 0 N–H and O–H groups in total. The van der Waals surface area contributed by atoms with Gasteiger partial charge >= 0.3 is 0 Å². The summed E-state index contributed by atoms with van der Waals surface area (Å²) >= 11 is 0. The highest BCUT2D eigenvalue weighted by atomic mass is 28.3. The van der Waals surface area contributed by atoms with Gasteiger partial charge in [-0.2, -0.15) is 0 Å². The van der Waals surface area contributed by atoms with Crippen LogP contribution in [0.1, 0.15) is 0 Å². The van der Waals surface area contributed by atoms with E-state index in [1.165, 1.54) is 32.1 Å².